The number of aromatic hydroxyl groups is 2. The van der Waals surface area contributed by atoms with Crippen LogP contribution < -0.4 is 14.9 Å². The number of fused-ring (bicyclic) bond motifs is 1. The molecule has 11 heteroatoms. The van der Waals surface area contributed by atoms with Crippen LogP contribution in [-0.2, 0) is 4.74 Å². The first-order valence-corrected chi connectivity index (χ1v) is 9.88. The summed E-state index contributed by atoms with van der Waals surface area (Å²) in [6.45, 7) is -0.655. The van der Waals surface area contributed by atoms with Crippen LogP contribution in [-0.4, -0.2) is 75.1 Å². The number of ether oxygens (including phenoxy) is 3. The van der Waals surface area contributed by atoms with Crippen LogP contribution in [0.5, 0.6) is 23.0 Å². The van der Waals surface area contributed by atoms with Crippen LogP contribution in [0.25, 0.3) is 22.1 Å². The van der Waals surface area contributed by atoms with Gasteiger partial charge in [0.15, 0.2) is 11.5 Å². The van der Waals surface area contributed by atoms with Crippen molar-refractivity contribution in [3.63, 3.8) is 0 Å². The zero-order valence-corrected chi connectivity index (χ0v) is 17.3. The Balaban J connectivity index is 1.82. The molecular weight excluding hydrogens is 440 g/mol. The standard InChI is InChI=1S/C22H22O11/c1-30-16-6-15(32-22-21(29)20(28)19(27)17(7-23)33-22)11(5-13(16)25)12-8-31-14-4-9(24)2-3-10(14)18(12)26/h2-6,8,17,19-25,27-29H,7H2,1H3/t17-,19-,20+,21-,22-/m1/s1. The average Bonchev–Trinajstić information content (AvgIpc) is 2.80. The van der Waals surface area contributed by atoms with Gasteiger partial charge >= 0.3 is 0 Å². The van der Waals surface area contributed by atoms with E-state index in [1.54, 1.807) is 0 Å². The molecule has 2 aromatic carbocycles. The van der Waals surface area contributed by atoms with Crippen LogP contribution in [0.15, 0.2) is 45.8 Å². The predicted molar refractivity (Wildman–Crippen MR) is 112 cm³/mol. The van der Waals surface area contributed by atoms with Gasteiger partial charge in [-0.05, 0) is 18.2 Å². The lowest BCUT2D eigenvalue weighted by Gasteiger charge is -2.39. The molecule has 0 spiro atoms. The van der Waals surface area contributed by atoms with Crippen molar-refractivity contribution in [1.82, 2.24) is 0 Å². The molecule has 3 aromatic rings. The summed E-state index contributed by atoms with van der Waals surface area (Å²) < 4.78 is 21.7. The van der Waals surface area contributed by atoms with Crippen LogP contribution >= 0.6 is 0 Å². The van der Waals surface area contributed by atoms with E-state index in [0.29, 0.717) is 0 Å². The van der Waals surface area contributed by atoms with Gasteiger partial charge in [-0.15, -0.1) is 0 Å². The SMILES string of the molecule is COc1cc(O[C@@H]2O[C@H](CO)[C@@H](O)[C@H](O)[C@H]2O)c(-c2coc3cc(O)ccc3c2=O)cc1O. The average molecular weight is 462 g/mol. The smallest absolute Gasteiger partial charge is 0.229 e. The van der Waals surface area contributed by atoms with Crippen molar-refractivity contribution in [2.75, 3.05) is 13.7 Å². The molecule has 176 valence electrons. The van der Waals surface area contributed by atoms with Crippen molar-refractivity contribution < 1.29 is 49.3 Å². The second-order valence-corrected chi connectivity index (χ2v) is 7.49. The highest BCUT2D eigenvalue weighted by Gasteiger charge is 2.45. The lowest BCUT2D eigenvalue weighted by molar-refractivity contribution is -0.277. The number of aliphatic hydroxyl groups is 4. The summed E-state index contributed by atoms with van der Waals surface area (Å²) in [5, 5.41) is 59.8. The highest BCUT2D eigenvalue weighted by molar-refractivity contribution is 5.84. The summed E-state index contributed by atoms with van der Waals surface area (Å²) in [4.78, 5) is 13.1. The van der Waals surface area contributed by atoms with E-state index in [9.17, 15) is 35.4 Å². The lowest BCUT2D eigenvalue weighted by Crippen LogP contribution is -2.60. The fourth-order valence-electron chi connectivity index (χ4n) is 3.61. The number of methoxy groups -OCH3 is 1. The molecule has 6 N–H and O–H groups in total. The highest BCUT2D eigenvalue weighted by atomic mass is 16.7. The van der Waals surface area contributed by atoms with E-state index >= 15 is 0 Å². The second kappa shape index (κ2) is 8.89. The Morgan fingerprint density at radius 1 is 0.970 bits per heavy atom. The third kappa shape index (κ3) is 4.08. The third-order valence-corrected chi connectivity index (χ3v) is 5.42. The van der Waals surface area contributed by atoms with Gasteiger partial charge in [-0.1, -0.05) is 0 Å². The van der Waals surface area contributed by atoms with Crippen LogP contribution in [0.3, 0.4) is 0 Å². The highest BCUT2D eigenvalue weighted by Crippen LogP contribution is 2.40. The molecule has 4 rings (SSSR count). The normalized spacial score (nSPS) is 25.2. The molecule has 1 aromatic heterocycles. The zero-order chi connectivity index (χ0) is 23.9. The van der Waals surface area contributed by atoms with Gasteiger partial charge in [0.2, 0.25) is 11.7 Å². The molecule has 0 unspecified atom stereocenters. The molecule has 11 nitrogen and oxygen atoms in total. The molecule has 1 aliphatic heterocycles. The Hall–Kier alpha value is -3.35. The molecule has 0 bridgehead atoms. The topological polar surface area (TPSA) is 179 Å². The van der Waals surface area contributed by atoms with E-state index in [2.05, 4.69) is 0 Å². The molecule has 0 aliphatic carbocycles. The van der Waals surface area contributed by atoms with Crippen molar-refractivity contribution in [3.8, 4) is 34.1 Å². The van der Waals surface area contributed by atoms with Crippen LogP contribution in [0.1, 0.15) is 0 Å². The van der Waals surface area contributed by atoms with Crippen LogP contribution in [0, 0.1) is 0 Å². The van der Waals surface area contributed by atoms with E-state index in [1.165, 1.54) is 37.4 Å². The molecular formula is C22H22O11. The van der Waals surface area contributed by atoms with Gasteiger partial charge in [-0.25, -0.2) is 0 Å². The molecule has 1 saturated heterocycles. The summed E-state index contributed by atoms with van der Waals surface area (Å²) in [5.74, 6) is -0.515. The van der Waals surface area contributed by atoms with Crippen molar-refractivity contribution in [2.45, 2.75) is 30.7 Å². The van der Waals surface area contributed by atoms with Crippen molar-refractivity contribution in [1.29, 1.82) is 0 Å². The van der Waals surface area contributed by atoms with E-state index in [1.807, 2.05) is 0 Å². The molecule has 0 saturated carbocycles. The molecule has 1 fully saturated rings. The van der Waals surface area contributed by atoms with Gasteiger partial charge in [0.05, 0.1) is 24.7 Å². The first kappa shape index (κ1) is 22.8. The molecule has 33 heavy (non-hydrogen) atoms. The Morgan fingerprint density at radius 3 is 2.42 bits per heavy atom. The van der Waals surface area contributed by atoms with Gasteiger partial charge < -0.3 is 49.3 Å². The summed E-state index contributed by atoms with van der Waals surface area (Å²) in [6.07, 6.45) is -6.60. The number of aliphatic hydroxyl groups excluding tert-OH is 4. The summed E-state index contributed by atoms with van der Waals surface area (Å²) in [7, 11) is 1.29. The number of benzene rings is 2. The van der Waals surface area contributed by atoms with Gasteiger partial charge in [0.25, 0.3) is 0 Å². The van der Waals surface area contributed by atoms with Crippen molar-refractivity contribution >= 4 is 11.0 Å². The Morgan fingerprint density at radius 2 is 1.73 bits per heavy atom. The zero-order valence-electron chi connectivity index (χ0n) is 17.3. The predicted octanol–water partition coefficient (Wildman–Crippen LogP) is 0.0585. The third-order valence-electron chi connectivity index (χ3n) is 5.42. The number of hydrogen-bond donors (Lipinski definition) is 6. The molecule has 0 amide bonds. The Kier molecular flexibility index (Phi) is 6.15. The fraction of sp³-hybridized carbons (Fsp3) is 0.318. The van der Waals surface area contributed by atoms with Gasteiger partial charge in [0, 0.05) is 17.7 Å². The largest absolute Gasteiger partial charge is 0.508 e. The maximum absolute atomic E-state index is 13.1. The van der Waals surface area contributed by atoms with E-state index in [-0.39, 0.29) is 45.1 Å². The Bertz CT molecular complexity index is 1220. The lowest BCUT2D eigenvalue weighted by atomic mass is 9.99. The minimum Gasteiger partial charge on any atom is -0.508 e. The van der Waals surface area contributed by atoms with E-state index < -0.39 is 42.7 Å². The quantitative estimate of drug-likeness (QED) is 0.302. The van der Waals surface area contributed by atoms with Gasteiger partial charge in [0.1, 0.15) is 47.8 Å². The summed E-state index contributed by atoms with van der Waals surface area (Å²) >= 11 is 0. The maximum Gasteiger partial charge on any atom is 0.229 e. The number of hydrogen-bond acceptors (Lipinski definition) is 11. The van der Waals surface area contributed by atoms with Crippen LogP contribution in [0.4, 0.5) is 0 Å². The summed E-state index contributed by atoms with van der Waals surface area (Å²) in [5.41, 5.74) is -0.336. The molecule has 2 heterocycles. The number of phenols is 2. The first-order chi connectivity index (χ1) is 15.7. The van der Waals surface area contributed by atoms with Crippen molar-refractivity contribution in [2.24, 2.45) is 0 Å². The summed E-state index contributed by atoms with van der Waals surface area (Å²) in [6, 6.07) is 6.40. The van der Waals surface area contributed by atoms with Gasteiger partial charge in [-0.3, -0.25) is 4.79 Å². The molecule has 1 aliphatic rings. The number of rotatable bonds is 5. The van der Waals surface area contributed by atoms with Crippen molar-refractivity contribution in [3.05, 3.63) is 46.8 Å². The maximum atomic E-state index is 13.1. The fourth-order valence-corrected chi connectivity index (χ4v) is 3.61. The van der Waals surface area contributed by atoms with E-state index in [4.69, 9.17) is 18.6 Å². The minimum atomic E-state index is -1.70. The minimum absolute atomic E-state index is 0.0200. The second-order valence-electron chi connectivity index (χ2n) is 7.49. The van der Waals surface area contributed by atoms with Gasteiger partial charge in [-0.2, -0.15) is 0 Å². The number of phenolic OH excluding ortho intramolecular Hbond substituents is 2. The molecule has 0 radical (unpaired) electrons. The monoisotopic (exact) mass is 462 g/mol. The first-order valence-electron chi connectivity index (χ1n) is 9.88. The Labute approximate surface area is 186 Å². The molecule has 5 atom stereocenters. The van der Waals surface area contributed by atoms with E-state index in [0.717, 1.165) is 6.26 Å². The van der Waals surface area contributed by atoms with Crippen LogP contribution in [0.2, 0.25) is 0 Å².